The maximum atomic E-state index is 11.5. The molecule has 0 aliphatic carbocycles. The number of rotatable bonds is 4. The van der Waals surface area contributed by atoms with Crippen LogP contribution >= 0.6 is 0 Å². The van der Waals surface area contributed by atoms with Gasteiger partial charge in [-0.05, 0) is 38.6 Å². The van der Waals surface area contributed by atoms with Crippen molar-refractivity contribution in [2.45, 2.75) is 50.6 Å². The highest BCUT2D eigenvalue weighted by atomic mass is 16.3. The van der Waals surface area contributed by atoms with E-state index in [0.717, 1.165) is 19.4 Å². The fourth-order valence-electron chi connectivity index (χ4n) is 2.89. The molecule has 2 N–H and O–H groups in total. The smallest absolute Gasteiger partial charge is 0.220 e. The number of hydrogen-bond donors (Lipinski definition) is 2. The molecule has 0 aromatic rings. The molecule has 0 radical (unpaired) electrons. The largest absolute Gasteiger partial charge is 0.396 e. The molecular formula is C12H22N2O2. The number of fused-ring (bicyclic) bond motifs is 1. The summed E-state index contributed by atoms with van der Waals surface area (Å²) in [6.45, 7) is 2.49. The molecule has 0 spiro atoms. The maximum absolute atomic E-state index is 11.5. The summed E-state index contributed by atoms with van der Waals surface area (Å²) in [5.74, 6) is 0.102. The molecule has 2 rings (SSSR count). The van der Waals surface area contributed by atoms with Gasteiger partial charge in [-0.2, -0.15) is 0 Å². The van der Waals surface area contributed by atoms with Crippen molar-refractivity contribution in [1.29, 1.82) is 0 Å². The number of nitrogens with zero attached hydrogens (tertiary/aromatic N) is 1. The number of hydrogen-bond acceptors (Lipinski definition) is 3. The van der Waals surface area contributed by atoms with E-state index in [1.807, 2.05) is 0 Å². The second-order valence-corrected chi connectivity index (χ2v) is 4.95. The lowest BCUT2D eigenvalue weighted by atomic mass is 9.97. The summed E-state index contributed by atoms with van der Waals surface area (Å²) >= 11 is 0. The molecule has 0 aromatic heterocycles. The van der Waals surface area contributed by atoms with Crippen LogP contribution < -0.4 is 5.32 Å². The molecule has 4 heteroatoms. The van der Waals surface area contributed by atoms with Crippen LogP contribution in [-0.2, 0) is 4.79 Å². The Labute approximate surface area is 97.0 Å². The van der Waals surface area contributed by atoms with E-state index in [-0.39, 0.29) is 12.5 Å². The van der Waals surface area contributed by atoms with E-state index in [0.29, 0.717) is 24.9 Å². The van der Waals surface area contributed by atoms with E-state index < -0.39 is 0 Å². The molecule has 0 saturated carbocycles. The van der Waals surface area contributed by atoms with E-state index in [1.54, 1.807) is 0 Å². The number of nitrogens with one attached hydrogen (secondary N) is 1. The van der Waals surface area contributed by atoms with E-state index in [9.17, 15) is 4.79 Å². The van der Waals surface area contributed by atoms with Gasteiger partial charge in [0, 0.05) is 31.7 Å². The van der Waals surface area contributed by atoms with Crippen LogP contribution in [-0.4, -0.2) is 47.7 Å². The highest BCUT2D eigenvalue weighted by Crippen LogP contribution is 2.26. The first-order valence-corrected chi connectivity index (χ1v) is 6.44. The third kappa shape index (κ3) is 2.95. The van der Waals surface area contributed by atoms with Gasteiger partial charge >= 0.3 is 0 Å². The highest BCUT2D eigenvalue weighted by Gasteiger charge is 2.31. The van der Waals surface area contributed by atoms with Crippen LogP contribution in [0.4, 0.5) is 0 Å². The highest BCUT2D eigenvalue weighted by molar-refractivity contribution is 5.76. The van der Waals surface area contributed by atoms with Crippen molar-refractivity contribution in [3.05, 3.63) is 0 Å². The Bertz CT molecular complexity index is 245. The molecule has 2 aliphatic heterocycles. The standard InChI is InChI=1S/C12H22N2O2/c15-8-2-4-12(16)13-10-5-7-14-6-1-3-11(14)9-10/h10-11,15H,1-9H2,(H,13,16). The lowest BCUT2D eigenvalue weighted by molar-refractivity contribution is -0.122. The van der Waals surface area contributed by atoms with E-state index in [1.165, 1.54) is 19.4 Å². The third-order valence-corrected chi connectivity index (χ3v) is 3.75. The average molecular weight is 226 g/mol. The first kappa shape index (κ1) is 11.9. The zero-order valence-corrected chi connectivity index (χ0v) is 9.82. The zero-order valence-electron chi connectivity index (χ0n) is 9.82. The number of carbonyl (C=O) groups is 1. The summed E-state index contributed by atoms with van der Waals surface area (Å²) in [4.78, 5) is 14.1. The van der Waals surface area contributed by atoms with Crippen molar-refractivity contribution in [3.8, 4) is 0 Å². The van der Waals surface area contributed by atoms with Gasteiger partial charge in [0.2, 0.25) is 5.91 Å². The maximum Gasteiger partial charge on any atom is 0.220 e. The monoisotopic (exact) mass is 226 g/mol. The van der Waals surface area contributed by atoms with Crippen LogP contribution in [0.3, 0.4) is 0 Å². The summed E-state index contributed by atoms with van der Waals surface area (Å²) in [5, 5.41) is 11.7. The zero-order chi connectivity index (χ0) is 11.4. The van der Waals surface area contributed by atoms with Crippen molar-refractivity contribution in [3.63, 3.8) is 0 Å². The number of piperidine rings is 1. The molecule has 0 aromatic carbocycles. The van der Waals surface area contributed by atoms with Gasteiger partial charge in [0.05, 0.1) is 0 Å². The van der Waals surface area contributed by atoms with Crippen molar-refractivity contribution < 1.29 is 9.90 Å². The van der Waals surface area contributed by atoms with E-state index >= 15 is 0 Å². The van der Waals surface area contributed by atoms with Crippen LogP contribution in [0.25, 0.3) is 0 Å². The quantitative estimate of drug-likeness (QED) is 0.734. The second kappa shape index (κ2) is 5.64. The number of aliphatic hydroxyl groups excluding tert-OH is 1. The van der Waals surface area contributed by atoms with E-state index in [4.69, 9.17) is 5.11 Å². The Morgan fingerprint density at radius 1 is 1.38 bits per heavy atom. The first-order chi connectivity index (χ1) is 7.79. The molecule has 2 fully saturated rings. The molecule has 4 nitrogen and oxygen atoms in total. The molecular weight excluding hydrogens is 204 g/mol. The lowest BCUT2D eigenvalue weighted by Crippen LogP contribution is -2.47. The Morgan fingerprint density at radius 2 is 2.25 bits per heavy atom. The van der Waals surface area contributed by atoms with Gasteiger partial charge in [0.15, 0.2) is 0 Å². The topological polar surface area (TPSA) is 52.6 Å². The van der Waals surface area contributed by atoms with Gasteiger partial charge in [0.1, 0.15) is 0 Å². The average Bonchev–Trinajstić information content (AvgIpc) is 2.73. The molecule has 0 bridgehead atoms. The SMILES string of the molecule is O=C(CCCO)NC1CCN2CCCC2C1. The summed E-state index contributed by atoms with van der Waals surface area (Å²) in [5.41, 5.74) is 0. The number of carbonyl (C=O) groups excluding carboxylic acids is 1. The van der Waals surface area contributed by atoms with Crippen LogP contribution in [0.2, 0.25) is 0 Å². The van der Waals surface area contributed by atoms with Crippen molar-refractivity contribution >= 4 is 5.91 Å². The Balaban J connectivity index is 1.72. The number of aliphatic hydroxyl groups is 1. The molecule has 2 saturated heterocycles. The summed E-state index contributed by atoms with van der Waals surface area (Å²) in [7, 11) is 0. The van der Waals surface area contributed by atoms with Crippen LogP contribution in [0.15, 0.2) is 0 Å². The predicted molar refractivity (Wildman–Crippen MR) is 62.1 cm³/mol. The predicted octanol–water partition coefficient (Wildman–Crippen LogP) is 0.502. The van der Waals surface area contributed by atoms with Gasteiger partial charge < -0.3 is 15.3 Å². The van der Waals surface area contributed by atoms with Gasteiger partial charge in [-0.25, -0.2) is 0 Å². The van der Waals surface area contributed by atoms with Crippen molar-refractivity contribution in [2.24, 2.45) is 0 Å². The Morgan fingerprint density at radius 3 is 3.06 bits per heavy atom. The van der Waals surface area contributed by atoms with Gasteiger partial charge in [-0.3, -0.25) is 4.79 Å². The van der Waals surface area contributed by atoms with Gasteiger partial charge in [-0.15, -0.1) is 0 Å². The van der Waals surface area contributed by atoms with Crippen molar-refractivity contribution in [2.75, 3.05) is 19.7 Å². The molecule has 2 unspecified atom stereocenters. The first-order valence-electron chi connectivity index (χ1n) is 6.44. The summed E-state index contributed by atoms with van der Waals surface area (Å²) in [6, 6.07) is 1.07. The van der Waals surface area contributed by atoms with Crippen molar-refractivity contribution in [1.82, 2.24) is 10.2 Å². The molecule has 2 aliphatic rings. The molecule has 16 heavy (non-hydrogen) atoms. The van der Waals surface area contributed by atoms with Crippen LogP contribution in [0.5, 0.6) is 0 Å². The molecule has 1 amide bonds. The van der Waals surface area contributed by atoms with Crippen LogP contribution in [0.1, 0.15) is 38.5 Å². The molecule has 2 heterocycles. The minimum absolute atomic E-state index is 0.102. The fraction of sp³-hybridized carbons (Fsp3) is 0.917. The molecule has 92 valence electrons. The summed E-state index contributed by atoms with van der Waals surface area (Å²) in [6.07, 6.45) is 5.85. The second-order valence-electron chi connectivity index (χ2n) is 4.95. The van der Waals surface area contributed by atoms with E-state index in [2.05, 4.69) is 10.2 Å². The number of amides is 1. The normalized spacial score (nSPS) is 30.1. The Hall–Kier alpha value is -0.610. The fourth-order valence-corrected chi connectivity index (χ4v) is 2.89. The van der Waals surface area contributed by atoms with Gasteiger partial charge in [0.25, 0.3) is 0 Å². The minimum atomic E-state index is 0.102. The van der Waals surface area contributed by atoms with Crippen LogP contribution in [0, 0.1) is 0 Å². The van der Waals surface area contributed by atoms with Gasteiger partial charge in [-0.1, -0.05) is 0 Å². The lowest BCUT2D eigenvalue weighted by Gasteiger charge is -2.35. The molecule has 2 atom stereocenters. The summed E-state index contributed by atoms with van der Waals surface area (Å²) < 4.78 is 0. The third-order valence-electron chi connectivity index (χ3n) is 3.75. The Kier molecular flexibility index (Phi) is 4.18. The minimum Gasteiger partial charge on any atom is -0.396 e.